The molecule has 0 bridgehead atoms. The zero-order chi connectivity index (χ0) is 14.4. The first-order valence-electron chi connectivity index (χ1n) is 6.53. The van der Waals surface area contributed by atoms with Gasteiger partial charge in [-0.1, -0.05) is 13.8 Å². The van der Waals surface area contributed by atoms with Crippen molar-refractivity contribution in [3.05, 3.63) is 34.2 Å². The first kappa shape index (κ1) is 15.4. The molecular formula is C14H23N3O2. The quantitative estimate of drug-likeness (QED) is 0.836. The number of aromatic amines is 1. The van der Waals surface area contributed by atoms with E-state index in [2.05, 4.69) is 18.8 Å². The fourth-order valence-corrected chi connectivity index (χ4v) is 1.76. The molecule has 0 fully saturated rings. The van der Waals surface area contributed by atoms with Crippen molar-refractivity contribution in [1.29, 1.82) is 0 Å². The molecule has 1 aromatic heterocycles. The molecule has 19 heavy (non-hydrogen) atoms. The van der Waals surface area contributed by atoms with Crippen LogP contribution in [0.25, 0.3) is 0 Å². The van der Waals surface area contributed by atoms with Gasteiger partial charge in [0.2, 0.25) is 5.56 Å². The molecule has 1 N–H and O–H groups in total. The Morgan fingerprint density at radius 3 is 2.42 bits per heavy atom. The van der Waals surface area contributed by atoms with Crippen molar-refractivity contribution >= 4 is 5.91 Å². The van der Waals surface area contributed by atoms with Crippen molar-refractivity contribution in [2.75, 3.05) is 33.7 Å². The maximum Gasteiger partial charge on any atom is 0.255 e. The Balaban J connectivity index is 2.80. The SMILES string of the molecule is CC(C)CN(CCN(C)C)C(=O)c1ccc(=O)[nH]c1. The second-order valence-electron chi connectivity index (χ2n) is 5.39. The van der Waals surface area contributed by atoms with Gasteiger partial charge in [0.25, 0.3) is 5.91 Å². The molecule has 0 saturated heterocycles. The summed E-state index contributed by atoms with van der Waals surface area (Å²) in [5, 5.41) is 0. The summed E-state index contributed by atoms with van der Waals surface area (Å²) < 4.78 is 0. The largest absolute Gasteiger partial charge is 0.337 e. The maximum absolute atomic E-state index is 12.4. The number of hydrogen-bond donors (Lipinski definition) is 1. The predicted octanol–water partition coefficient (Wildman–Crippen LogP) is 1.03. The first-order chi connectivity index (χ1) is 8.90. The number of pyridine rings is 1. The Morgan fingerprint density at radius 1 is 1.26 bits per heavy atom. The number of nitrogens with zero attached hydrogens (tertiary/aromatic N) is 2. The van der Waals surface area contributed by atoms with Crippen LogP contribution in [0.2, 0.25) is 0 Å². The van der Waals surface area contributed by atoms with E-state index in [0.717, 1.165) is 6.54 Å². The van der Waals surface area contributed by atoms with Gasteiger partial charge in [-0.25, -0.2) is 0 Å². The fourth-order valence-electron chi connectivity index (χ4n) is 1.76. The van der Waals surface area contributed by atoms with Gasteiger partial charge in [-0.05, 0) is 26.1 Å². The summed E-state index contributed by atoms with van der Waals surface area (Å²) in [5.41, 5.74) is 0.333. The van der Waals surface area contributed by atoms with E-state index < -0.39 is 0 Å². The van der Waals surface area contributed by atoms with E-state index in [-0.39, 0.29) is 11.5 Å². The normalized spacial score (nSPS) is 11.1. The van der Waals surface area contributed by atoms with Crippen LogP contribution in [0, 0.1) is 5.92 Å². The number of aromatic nitrogens is 1. The molecule has 1 rings (SSSR count). The van der Waals surface area contributed by atoms with E-state index in [9.17, 15) is 9.59 Å². The second kappa shape index (κ2) is 7.09. The number of rotatable bonds is 6. The minimum Gasteiger partial charge on any atom is -0.337 e. The Bertz CT molecular complexity index is 446. The van der Waals surface area contributed by atoms with Gasteiger partial charge in [-0.2, -0.15) is 0 Å². The maximum atomic E-state index is 12.4. The zero-order valence-corrected chi connectivity index (χ0v) is 12.1. The van der Waals surface area contributed by atoms with E-state index in [1.54, 1.807) is 6.07 Å². The lowest BCUT2D eigenvalue weighted by molar-refractivity contribution is 0.0724. The molecule has 1 heterocycles. The van der Waals surface area contributed by atoms with E-state index >= 15 is 0 Å². The molecule has 0 aliphatic heterocycles. The molecule has 106 valence electrons. The smallest absolute Gasteiger partial charge is 0.255 e. The lowest BCUT2D eigenvalue weighted by Gasteiger charge is -2.26. The fraction of sp³-hybridized carbons (Fsp3) is 0.571. The molecule has 1 aromatic rings. The number of H-pyrrole nitrogens is 1. The Hall–Kier alpha value is -1.62. The predicted molar refractivity (Wildman–Crippen MR) is 76.4 cm³/mol. The minimum absolute atomic E-state index is 0.0354. The summed E-state index contributed by atoms with van der Waals surface area (Å²) in [5.74, 6) is 0.376. The highest BCUT2D eigenvalue weighted by molar-refractivity contribution is 5.93. The van der Waals surface area contributed by atoms with Gasteiger partial charge in [0.15, 0.2) is 0 Å². The Labute approximate surface area is 114 Å². The molecule has 0 aromatic carbocycles. The first-order valence-corrected chi connectivity index (χ1v) is 6.53. The molecule has 5 heteroatoms. The van der Waals surface area contributed by atoms with E-state index in [0.29, 0.717) is 24.6 Å². The number of nitrogens with one attached hydrogen (secondary N) is 1. The average Bonchev–Trinajstić information content (AvgIpc) is 2.34. The highest BCUT2D eigenvalue weighted by Gasteiger charge is 2.16. The average molecular weight is 265 g/mol. The van der Waals surface area contributed by atoms with Gasteiger partial charge >= 0.3 is 0 Å². The molecule has 0 spiro atoms. The van der Waals surface area contributed by atoms with Crippen molar-refractivity contribution in [3.8, 4) is 0 Å². The van der Waals surface area contributed by atoms with Crippen LogP contribution in [0.4, 0.5) is 0 Å². The van der Waals surface area contributed by atoms with Crippen LogP contribution in [-0.4, -0.2) is 54.4 Å². The van der Waals surface area contributed by atoms with Crippen LogP contribution in [-0.2, 0) is 0 Å². The molecule has 5 nitrogen and oxygen atoms in total. The molecule has 0 saturated carbocycles. The number of hydrogen-bond acceptors (Lipinski definition) is 3. The third kappa shape index (κ3) is 5.26. The standard InChI is InChI=1S/C14H23N3O2/c1-11(2)10-17(8-7-16(3)4)14(19)12-5-6-13(18)15-9-12/h5-6,9,11H,7-8,10H2,1-4H3,(H,15,18). The van der Waals surface area contributed by atoms with Crippen LogP contribution in [0.1, 0.15) is 24.2 Å². The molecule has 1 amide bonds. The topological polar surface area (TPSA) is 56.4 Å². The number of amides is 1. The highest BCUT2D eigenvalue weighted by Crippen LogP contribution is 2.06. The zero-order valence-electron chi connectivity index (χ0n) is 12.1. The molecule has 0 unspecified atom stereocenters. The summed E-state index contributed by atoms with van der Waals surface area (Å²) in [7, 11) is 3.97. The molecule has 0 aliphatic rings. The van der Waals surface area contributed by atoms with Crippen LogP contribution in [0.3, 0.4) is 0 Å². The van der Waals surface area contributed by atoms with Crippen LogP contribution < -0.4 is 5.56 Å². The number of likely N-dealkylation sites (N-methyl/N-ethyl adjacent to an activating group) is 1. The summed E-state index contributed by atoms with van der Waals surface area (Å²) in [4.78, 5) is 29.8. The van der Waals surface area contributed by atoms with E-state index in [1.165, 1.54) is 12.3 Å². The third-order valence-corrected chi connectivity index (χ3v) is 2.72. The van der Waals surface area contributed by atoms with Crippen molar-refractivity contribution in [2.45, 2.75) is 13.8 Å². The minimum atomic E-state index is -0.194. The molecule has 0 aliphatic carbocycles. The molecule has 0 radical (unpaired) electrons. The summed E-state index contributed by atoms with van der Waals surface area (Å²) in [6, 6.07) is 2.96. The van der Waals surface area contributed by atoms with Crippen LogP contribution in [0.15, 0.2) is 23.1 Å². The second-order valence-corrected chi connectivity index (χ2v) is 5.39. The monoisotopic (exact) mass is 265 g/mol. The van der Waals surface area contributed by atoms with Crippen molar-refractivity contribution < 1.29 is 4.79 Å². The lowest BCUT2D eigenvalue weighted by atomic mass is 10.1. The van der Waals surface area contributed by atoms with Gasteiger partial charge in [0, 0.05) is 31.9 Å². The van der Waals surface area contributed by atoms with Gasteiger partial charge in [0.1, 0.15) is 0 Å². The van der Waals surface area contributed by atoms with Crippen molar-refractivity contribution in [2.24, 2.45) is 5.92 Å². The van der Waals surface area contributed by atoms with Crippen LogP contribution >= 0.6 is 0 Å². The van der Waals surface area contributed by atoms with Gasteiger partial charge < -0.3 is 14.8 Å². The summed E-state index contributed by atoms with van der Waals surface area (Å²) in [6.45, 7) is 6.39. The van der Waals surface area contributed by atoms with Gasteiger partial charge in [0.05, 0.1) is 5.56 Å². The number of carbonyl (C=O) groups excluding carboxylic acids is 1. The van der Waals surface area contributed by atoms with Gasteiger partial charge in [-0.15, -0.1) is 0 Å². The van der Waals surface area contributed by atoms with Gasteiger partial charge in [-0.3, -0.25) is 9.59 Å². The van der Waals surface area contributed by atoms with E-state index in [4.69, 9.17) is 0 Å². The van der Waals surface area contributed by atoms with Crippen LogP contribution in [0.5, 0.6) is 0 Å². The Morgan fingerprint density at radius 2 is 1.95 bits per heavy atom. The Kier molecular flexibility index (Phi) is 5.76. The molecular weight excluding hydrogens is 242 g/mol. The number of carbonyl (C=O) groups is 1. The lowest BCUT2D eigenvalue weighted by Crippen LogP contribution is -2.39. The summed E-state index contributed by atoms with van der Waals surface area (Å²) >= 11 is 0. The third-order valence-electron chi connectivity index (χ3n) is 2.72. The van der Waals surface area contributed by atoms with E-state index in [1.807, 2.05) is 23.9 Å². The summed E-state index contributed by atoms with van der Waals surface area (Å²) in [6.07, 6.45) is 1.48. The highest BCUT2D eigenvalue weighted by atomic mass is 16.2. The van der Waals surface area contributed by atoms with Crippen molar-refractivity contribution in [3.63, 3.8) is 0 Å². The molecule has 0 atom stereocenters. The van der Waals surface area contributed by atoms with Crippen molar-refractivity contribution in [1.82, 2.24) is 14.8 Å².